The van der Waals surface area contributed by atoms with Gasteiger partial charge in [-0.15, -0.1) is 0 Å². The van der Waals surface area contributed by atoms with Crippen molar-refractivity contribution in [2.24, 2.45) is 7.05 Å². The molecule has 1 saturated heterocycles. The summed E-state index contributed by atoms with van der Waals surface area (Å²) in [5.41, 5.74) is 5.29. The summed E-state index contributed by atoms with van der Waals surface area (Å²) >= 11 is 0. The van der Waals surface area contributed by atoms with E-state index in [0.717, 1.165) is 46.5 Å². The van der Waals surface area contributed by atoms with Gasteiger partial charge in [0.1, 0.15) is 5.75 Å². The van der Waals surface area contributed by atoms with Gasteiger partial charge in [0.25, 0.3) is 0 Å². The van der Waals surface area contributed by atoms with E-state index >= 15 is 0 Å². The Morgan fingerprint density at radius 3 is 2.68 bits per heavy atom. The molecule has 3 heterocycles. The molecule has 28 heavy (non-hydrogen) atoms. The zero-order valence-electron chi connectivity index (χ0n) is 16.3. The Kier molecular flexibility index (Phi) is 4.24. The molecule has 1 fully saturated rings. The fourth-order valence-corrected chi connectivity index (χ4v) is 4.25. The van der Waals surface area contributed by atoms with Gasteiger partial charge in [-0.05, 0) is 61.7 Å². The van der Waals surface area contributed by atoms with Crippen molar-refractivity contribution in [1.29, 1.82) is 0 Å². The third kappa shape index (κ3) is 3.02. The Hall–Kier alpha value is -2.92. The SMILES string of the molecule is COc1cc2nn(C)cc2cc1-c1ccc2cc(C3CCNCC3)ccc2n1. The minimum atomic E-state index is 0.651. The highest BCUT2D eigenvalue weighted by molar-refractivity contribution is 5.89. The van der Waals surface area contributed by atoms with Crippen molar-refractivity contribution in [2.75, 3.05) is 20.2 Å². The van der Waals surface area contributed by atoms with E-state index in [1.807, 2.05) is 24.0 Å². The molecule has 0 unspecified atom stereocenters. The molecule has 1 aliphatic rings. The Morgan fingerprint density at radius 1 is 1.00 bits per heavy atom. The van der Waals surface area contributed by atoms with Gasteiger partial charge in [-0.3, -0.25) is 4.68 Å². The first-order valence-corrected chi connectivity index (χ1v) is 9.84. The smallest absolute Gasteiger partial charge is 0.130 e. The Morgan fingerprint density at radius 2 is 1.86 bits per heavy atom. The molecule has 5 nitrogen and oxygen atoms in total. The number of pyridine rings is 1. The minimum absolute atomic E-state index is 0.651. The molecule has 0 amide bonds. The number of benzene rings is 2. The summed E-state index contributed by atoms with van der Waals surface area (Å²) in [6.07, 6.45) is 4.43. The van der Waals surface area contributed by atoms with Crippen LogP contribution in [-0.2, 0) is 7.05 Å². The van der Waals surface area contributed by atoms with Crippen LogP contribution >= 0.6 is 0 Å². The lowest BCUT2D eigenvalue weighted by Crippen LogP contribution is -2.26. The standard InChI is InChI=1S/C23H24N4O/c1-27-14-18-12-19(23(28-2)13-22(18)26-27)21-6-4-17-11-16(3-5-20(17)25-21)15-7-9-24-10-8-15/h3-6,11-15,24H,7-10H2,1-2H3. The maximum atomic E-state index is 5.63. The summed E-state index contributed by atoms with van der Waals surface area (Å²) in [5, 5.41) is 10.2. The van der Waals surface area contributed by atoms with Crippen molar-refractivity contribution in [3.05, 3.63) is 54.2 Å². The van der Waals surface area contributed by atoms with Gasteiger partial charge in [0, 0.05) is 35.6 Å². The van der Waals surface area contributed by atoms with Gasteiger partial charge in [-0.2, -0.15) is 5.10 Å². The normalized spacial score (nSPS) is 15.4. The quantitative estimate of drug-likeness (QED) is 0.584. The van der Waals surface area contributed by atoms with Gasteiger partial charge >= 0.3 is 0 Å². The fourth-order valence-electron chi connectivity index (χ4n) is 4.25. The summed E-state index contributed by atoms with van der Waals surface area (Å²) < 4.78 is 7.46. The van der Waals surface area contributed by atoms with Crippen molar-refractivity contribution in [3.63, 3.8) is 0 Å². The van der Waals surface area contributed by atoms with Crippen molar-refractivity contribution in [1.82, 2.24) is 20.1 Å². The van der Waals surface area contributed by atoms with Crippen molar-refractivity contribution in [3.8, 4) is 17.0 Å². The summed E-state index contributed by atoms with van der Waals surface area (Å²) in [4.78, 5) is 4.93. The predicted octanol–water partition coefficient (Wildman–Crippen LogP) is 4.26. The fraction of sp³-hybridized carbons (Fsp3) is 0.304. The lowest BCUT2D eigenvalue weighted by molar-refractivity contribution is 0.417. The number of fused-ring (bicyclic) bond motifs is 2. The molecule has 0 spiro atoms. The highest BCUT2D eigenvalue weighted by Crippen LogP contribution is 2.34. The van der Waals surface area contributed by atoms with Crippen LogP contribution in [0.25, 0.3) is 33.1 Å². The van der Waals surface area contributed by atoms with Crippen LogP contribution in [0.3, 0.4) is 0 Å². The molecule has 0 radical (unpaired) electrons. The van der Waals surface area contributed by atoms with E-state index in [1.54, 1.807) is 7.11 Å². The number of nitrogens with one attached hydrogen (secondary N) is 1. The number of rotatable bonds is 3. The molecule has 4 aromatic rings. The third-order valence-electron chi connectivity index (χ3n) is 5.74. The molecule has 0 saturated carbocycles. The van der Waals surface area contributed by atoms with Crippen LogP contribution in [0, 0.1) is 0 Å². The number of aryl methyl sites for hydroxylation is 1. The average Bonchev–Trinajstić information content (AvgIpc) is 3.11. The zero-order valence-corrected chi connectivity index (χ0v) is 16.3. The number of nitrogens with zero attached hydrogens (tertiary/aromatic N) is 3. The van der Waals surface area contributed by atoms with Crippen molar-refractivity contribution >= 4 is 21.8 Å². The van der Waals surface area contributed by atoms with Crippen LogP contribution in [0.5, 0.6) is 5.75 Å². The van der Waals surface area contributed by atoms with Gasteiger partial charge in [-0.25, -0.2) is 4.98 Å². The third-order valence-corrected chi connectivity index (χ3v) is 5.74. The summed E-state index contributed by atoms with van der Waals surface area (Å²) in [5.74, 6) is 1.45. The molecule has 2 aromatic carbocycles. The Labute approximate surface area is 164 Å². The second-order valence-electron chi connectivity index (χ2n) is 7.59. The summed E-state index contributed by atoms with van der Waals surface area (Å²) in [7, 11) is 3.63. The molecule has 0 atom stereocenters. The van der Waals surface area contributed by atoms with Gasteiger partial charge < -0.3 is 10.1 Å². The highest BCUT2D eigenvalue weighted by atomic mass is 16.5. The van der Waals surface area contributed by atoms with Gasteiger partial charge in [-0.1, -0.05) is 12.1 Å². The first-order valence-electron chi connectivity index (χ1n) is 9.84. The zero-order chi connectivity index (χ0) is 19.1. The predicted molar refractivity (Wildman–Crippen MR) is 113 cm³/mol. The molecule has 0 aliphatic carbocycles. The Balaban J connectivity index is 1.57. The maximum absolute atomic E-state index is 5.63. The lowest BCUT2D eigenvalue weighted by atomic mass is 9.89. The molecule has 2 aromatic heterocycles. The number of aromatic nitrogens is 3. The number of ether oxygens (including phenoxy) is 1. The second-order valence-corrected chi connectivity index (χ2v) is 7.59. The molecular weight excluding hydrogens is 348 g/mol. The minimum Gasteiger partial charge on any atom is -0.496 e. The van der Waals surface area contributed by atoms with E-state index < -0.39 is 0 Å². The second kappa shape index (κ2) is 6.91. The number of piperidine rings is 1. The average molecular weight is 372 g/mol. The van der Waals surface area contributed by atoms with Crippen LogP contribution in [-0.4, -0.2) is 35.0 Å². The number of hydrogen-bond acceptors (Lipinski definition) is 4. The van der Waals surface area contributed by atoms with Gasteiger partial charge in [0.05, 0.1) is 23.8 Å². The molecule has 1 aliphatic heterocycles. The molecule has 142 valence electrons. The molecular formula is C23H24N4O. The van der Waals surface area contributed by atoms with E-state index in [9.17, 15) is 0 Å². The molecule has 0 bridgehead atoms. The van der Waals surface area contributed by atoms with E-state index in [0.29, 0.717) is 5.92 Å². The largest absolute Gasteiger partial charge is 0.496 e. The lowest BCUT2D eigenvalue weighted by Gasteiger charge is -2.23. The first kappa shape index (κ1) is 17.2. The number of methoxy groups -OCH3 is 1. The van der Waals surface area contributed by atoms with E-state index in [-0.39, 0.29) is 0 Å². The van der Waals surface area contributed by atoms with Crippen molar-refractivity contribution < 1.29 is 4.74 Å². The van der Waals surface area contributed by atoms with Crippen molar-refractivity contribution in [2.45, 2.75) is 18.8 Å². The van der Waals surface area contributed by atoms with Gasteiger partial charge in [0.2, 0.25) is 0 Å². The van der Waals surface area contributed by atoms with Crippen LogP contribution in [0.15, 0.2) is 48.7 Å². The van der Waals surface area contributed by atoms with Crippen LogP contribution in [0.4, 0.5) is 0 Å². The van der Waals surface area contributed by atoms with E-state index in [1.165, 1.54) is 23.8 Å². The van der Waals surface area contributed by atoms with Gasteiger partial charge in [0.15, 0.2) is 0 Å². The summed E-state index contributed by atoms with van der Waals surface area (Å²) in [6, 6.07) is 15.1. The molecule has 5 heteroatoms. The first-order chi connectivity index (χ1) is 13.7. The van der Waals surface area contributed by atoms with E-state index in [4.69, 9.17) is 9.72 Å². The highest BCUT2D eigenvalue weighted by Gasteiger charge is 2.16. The Bertz CT molecular complexity index is 1160. The van der Waals surface area contributed by atoms with Crippen LogP contribution in [0.1, 0.15) is 24.3 Å². The monoisotopic (exact) mass is 372 g/mol. The molecule has 5 rings (SSSR count). The molecule has 1 N–H and O–H groups in total. The topological polar surface area (TPSA) is 52.0 Å². The van der Waals surface area contributed by atoms with E-state index in [2.05, 4.69) is 46.8 Å². The summed E-state index contributed by atoms with van der Waals surface area (Å²) in [6.45, 7) is 2.22. The van der Waals surface area contributed by atoms with Crippen LogP contribution < -0.4 is 10.1 Å². The van der Waals surface area contributed by atoms with Crippen LogP contribution in [0.2, 0.25) is 0 Å². The number of hydrogen-bond donors (Lipinski definition) is 1. The maximum Gasteiger partial charge on any atom is 0.130 e.